The van der Waals surface area contributed by atoms with Crippen molar-refractivity contribution in [1.29, 1.82) is 0 Å². The molecule has 5 N–H and O–H groups in total. The van der Waals surface area contributed by atoms with Gasteiger partial charge in [0.2, 0.25) is 0 Å². The number of ether oxygens (including phenoxy) is 8. The fraction of sp³-hybridized carbons (Fsp3) is 0.756. The lowest BCUT2D eigenvalue weighted by atomic mass is 9.83. The van der Waals surface area contributed by atoms with Crippen LogP contribution < -0.4 is 0 Å². The van der Waals surface area contributed by atoms with Crippen LogP contribution in [0, 0.1) is 17.3 Å². The number of hydrogen-bond acceptors (Lipinski definition) is 21. The Morgan fingerprint density at radius 2 is 0.866 bits per heavy atom. The van der Waals surface area contributed by atoms with Gasteiger partial charge in [-0.05, 0) is 37.5 Å². The fourth-order valence-electron chi connectivity index (χ4n) is 6.58. The van der Waals surface area contributed by atoms with Crippen molar-refractivity contribution in [2.75, 3.05) is 125 Å². The van der Waals surface area contributed by atoms with Crippen LogP contribution in [-0.2, 0) is 85.8 Å². The molecule has 0 aromatic rings. The number of aliphatic carboxylic acids is 5. The lowest BCUT2D eigenvalue weighted by Gasteiger charge is -2.32. The summed E-state index contributed by atoms with van der Waals surface area (Å²) in [5.41, 5.74) is -1.74. The van der Waals surface area contributed by atoms with Crippen molar-refractivity contribution in [1.82, 2.24) is 14.7 Å². The Morgan fingerprint density at radius 1 is 0.493 bits per heavy atom. The van der Waals surface area contributed by atoms with Gasteiger partial charge in [0.25, 0.3) is 0 Å². The molecule has 0 bridgehead atoms. The molecule has 1 unspecified atom stereocenters. The van der Waals surface area contributed by atoms with E-state index >= 15 is 0 Å². The number of carbonyl (C=O) groups excluding carboxylic acids is 5. The highest BCUT2D eigenvalue weighted by Crippen LogP contribution is 2.30. The highest BCUT2D eigenvalue weighted by atomic mass is 16.6. The molecule has 0 aromatic carbocycles. The Labute approximate surface area is 386 Å². The third-order valence-electron chi connectivity index (χ3n) is 10.0. The quantitative estimate of drug-likeness (QED) is 0.0272. The zero-order valence-electron chi connectivity index (χ0n) is 38.1. The molecule has 0 heterocycles. The molecule has 0 amide bonds. The summed E-state index contributed by atoms with van der Waals surface area (Å²) in [7, 11) is 0. The zero-order valence-corrected chi connectivity index (χ0v) is 38.1. The van der Waals surface area contributed by atoms with E-state index in [2.05, 4.69) is 0 Å². The summed E-state index contributed by atoms with van der Waals surface area (Å²) in [6, 6.07) is -1.60. The van der Waals surface area contributed by atoms with Gasteiger partial charge in [-0.15, -0.1) is 0 Å². The molecular weight excluding hydrogens is 902 g/mol. The number of rotatable bonds is 38. The molecule has 1 atom stereocenters. The van der Waals surface area contributed by atoms with Crippen LogP contribution >= 0.6 is 0 Å². The average molecular weight is 968 g/mol. The van der Waals surface area contributed by atoms with Gasteiger partial charge in [0.15, 0.2) is 5.41 Å². The SMILES string of the molecule is CC(=O)OCC(COC(C)=O)(COC(C)=O)C(=O)OCC1CCC(COCCOCCOCCOC(=O)CC(C(=O)O)N(CCN(CC(=O)O)CC(=O)O)CCN(CC(=O)O)CC(=O)O)CC1. The second kappa shape index (κ2) is 33.0. The van der Waals surface area contributed by atoms with E-state index in [4.69, 9.17) is 37.9 Å². The third kappa shape index (κ3) is 28.3. The molecule has 1 fully saturated rings. The highest BCUT2D eigenvalue weighted by molar-refractivity contribution is 5.82. The molecule has 26 nitrogen and oxygen atoms in total. The van der Waals surface area contributed by atoms with Crippen molar-refractivity contribution in [3.05, 3.63) is 0 Å². The maximum atomic E-state index is 13.2. The summed E-state index contributed by atoms with van der Waals surface area (Å²) >= 11 is 0. The molecule has 26 heteroatoms. The lowest BCUT2D eigenvalue weighted by molar-refractivity contribution is -0.179. The minimum Gasteiger partial charge on any atom is -0.480 e. The fourth-order valence-corrected chi connectivity index (χ4v) is 6.58. The van der Waals surface area contributed by atoms with Crippen LogP contribution in [0.2, 0.25) is 0 Å². The van der Waals surface area contributed by atoms with Crippen molar-refractivity contribution in [2.45, 2.75) is 58.9 Å². The summed E-state index contributed by atoms with van der Waals surface area (Å²) in [4.78, 5) is 121. The van der Waals surface area contributed by atoms with E-state index in [1.54, 1.807) is 0 Å². The van der Waals surface area contributed by atoms with Crippen LogP contribution in [0.4, 0.5) is 0 Å². The first-order chi connectivity index (χ1) is 31.6. The molecule has 0 radical (unpaired) electrons. The predicted molar refractivity (Wildman–Crippen MR) is 223 cm³/mol. The molecular formula is C41H65N3O23. The van der Waals surface area contributed by atoms with Crippen molar-refractivity contribution in [3.63, 3.8) is 0 Å². The van der Waals surface area contributed by atoms with E-state index in [0.717, 1.165) is 56.3 Å². The number of hydrogen-bond donors (Lipinski definition) is 5. The maximum absolute atomic E-state index is 13.2. The van der Waals surface area contributed by atoms with E-state index in [0.29, 0.717) is 13.2 Å². The van der Waals surface area contributed by atoms with Gasteiger partial charge < -0.3 is 63.4 Å². The third-order valence-corrected chi connectivity index (χ3v) is 10.0. The Bertz CT molecular complexity index is 1500. The van der Waals surface area contributed by atoms with Crippen LogP contribution in [0.25, 0.3) is 0 Å². The number of carboxylic acids is 5. The number of carboxylic acid groups (broad SMARTS) is 5. The van der Waals surface area contributed by atoms with Crippen LogP contribution in [-0.4, -0.2) is 231 Å². The Morgan fingerprint density at radius 3 is 1.24 bits per heavy atom. The van der Waals surface area contributed by atoms with Crippen LogP contribution in [0.5, 0.6) is 0 Å². The smallest absolute Gasteiger partial charge is 0.322 e. The van der Waals surface area contributed by atoms with Crippen LogP contribution in [0.15, 0.2) is 0 Å². The summed E-state index contributed by atoms with van der Waals surface area (Å²) in [5, 5.41) is 46.7. The van der Waals surface area contributed by atoms with Crippen molar-refractivity contribution in [3.8, 4) is 0 Å². The van der Waals surface area contributed by atoms with Crippen LogP contribution in [0.1, 0.15) is 52.9 Å². The van der Waals surface area contributed by atoms with Gasteiger partial charge in [-0.1, -0.05) is 0 Å². The lowest BCUT2D eigenvalue weighted by Crippen LogP contribution is -2.50. The molecule has 1 aliphatic rings. The van der Waals surface area contributed by atoms with E-state index in [-0.39, 0.29) is 77.7 Å². The van der Waals surface area contributed by atoms with E-state index < -0.39 is 124 Å². The number of carbonyl (C=O) groups is 10. The minimum atomic E-state index is -1.74. The van der Waals surface area contributed by atoms with Gasteiger partial charge in [0, 0.05) is 53.6 Å². The second-order valence-electron chi connectivity index (χ2n) is 15.7. The number of esters is 5. The van der Waals surface area contributed by atoms with Gasteiger partial charge in [-0.2, -0.15) is 0 Å². The molecule has 1 saturated carbocycles. The predicted octanol–water partition coefficient (Wildman–Crippen LogP) is -1.31. The van der Waals surface area contributed by atoms with Crippen molar-refractivity contribution in [2.24, 2.45) is 17.3 Å². The first-order valence-corrected chi connectivity index (χ1v) is 21.4. The standard InChI is InChI=1S/C41H65N3O23/c1-28(45)65-25-41(26-66-29(2)46,27-67-30(3)47)40(59)64-24-32-6-4-31(5-7-32)23-62-15-14-60-12-13-61-16-17-63-38(56)18-33(39(57)58)44(10-8-42(19-34(48)49)20-35(50)51)11-9-43(21-36(52)53)22-37(54)55/h31-33H,4-27H2,1-3H3,(H,48,49)(H,50,51)(H,52,53)(H,54,55)(H,57,58). The van der Waals surface area contributed by atoms with Crippen molar-refractivity contribution >= 4 is 59.7 Å². The Balaban J connectivity index is 2.49. The average Bonchev–Trinajstić information content (AvgIpc) is 3.23. The van der Waals surface area contributed by atoms with Gasteiger partial charge in [0.1, 0.15) is 32.5 Å². The maximum Gasteiger partial charge on any atom is 0.322 e. The number of nitrogens with zero attached hydrogens (tertiary/aromatic N) is 3. The van der Waals surface area contributed by atoms with Gasteiger partial charge in [-0.3, -0.25) is 62.6 Å². The molecule has 382 valence electrons. The summed E-state index contributed by atoms with van der Waals surface area (Å²) < 4.78 is 42.5. The van der Waals surface area contributed by atoms with Gasteiger partial charge in [-0.25, -0.2) is 0 Å². The minimum absolute atomic E-state index is 0.0363. The van der Waals surface area contributed by atoms with Crippen molar-refractivity contribution < 1.29 is 111 Å². The monoisotopic (exact) mass is 967 g/mol. The summed E-state index contributed by atoms with van der Waals surface area (Å²) in [6.07, 6.45) is 2.38. The van der Waals surface area contributed by atoms with E-state index in [1.807, 2.05) is 0 Å². The van der Waals surface area contributed by atoms with E-state index in [9.17, 15) is 73.5 Å². The summed E-state index contributed by atoms with van der Waals surface area (Å²) in [5.74, 6) is -10.5. The second-order valence-corrected chi connectivity index (χ2v) is 15.7. The molecule has 0 aromatic heterocycles. The first kappa shape index (κ1) is 59.5. The highest BCUT2D eigenvalue weighted by Gasteiger charge is 2.45. The molecule has 67 heavy (non-hydrogen) atoms. The Hall–Kier alpha value is -5.54. The molecule has 1 aliphatic carbocycles. The molecule has 1 rings (SSSR count). The zero-order chi connectivity index (χ0) is 50.4. The molecule has 0 spiro atoms. The van der Waals surface area contributed by atoms with E-state index in [1.165, 1.54) is 4.90 Å². The summed E-state index contributed by atoms with van der Waals surface area (Å²) in [6.45, 7) is -0.976. The molecule has 0 aliphatic heterocycles. The normalized spacial score (nSPS) is 15.4. The van der Waals surface area contributed by atoms with Gasteiger partial charge >= 0.3 is 59.7 Å². The topological polar surface area (TPSA) is 355 Å². The van der Waals surface area contributed by atoms with Crippen LogP contribution in [0.3, 0.4) is 0 Å². The Kier molecular flexibility index (Phi) is 29.3. The first-order valence-electron chi connectivity index (χ1n) is 21.4. The van der Waals surface area contributed by atoms with Gasteiger partial charge in [0.05, 0.1) is 72.2 Å². The molecule has 0 saturated heterocycles. The largest absolute Gasteiger partial charge is 0.480 e.